The van der Waals surface area contributed by atoms with Crippen LogP contribution >= 0.6 is 0 Å². The Bertz CT molecular complexity index is 504. The first-order valence-corrected chi connectivity index (χ1v) is 7.88. The van der Waals surface area contributed by atoms with Crippen molar-refractivity contribution in [3.63, 3.8) is 0 Å². The van der Waals surface area contributed by atoms with E-state index in [0.29, 0.717) is 5.41 Å². The summed E-state index contributed by atoms with van der Waals surface area (Å²) < 4.78 is 5.37. The molecule has 4 aliphatic carbocycles. The van der Waals surface area contributed by atoms with Crippen LogP contribution < -0.4 is 4.74 Å². The summed E-state index contributed by atoms with van der Waals surface area (Å²) in [4.78, 5) is 0. The predicted molar refractivity (Wildman–Crippen MR) is 77.4 cm³/mol. The standard InChI is InChI=1S/C18H21NO/c19-5-6-20-17-3-1-16(2-4-17)18-10-13-7-14(11-18)9-15(8-13)12-18/h1-4,13-15H,6-12H2. The first-order valence-electron chi connectivity index (χ1n) is 7.88. The Labute approximate surface area is 120 Å². The third-order valence-electron chi connectivity index (χ3n) is 5.81. The molecule has 0 amide bonds. The van der Waals surface area contributed by atoms with Crippen molar-refractivity contribution < 1.29 is 4.74 Å². The van der Waals surface area contributed by atoms with Crippen molar-refractivity contribution >= 4 is 0 Å². The van der Waals surface area contributed by atoms with Gasteiger partial charge in [-0.15, -0.1) is 0 Å². The zero-order valence-electron chi connectivity index (χ0n) is 11.8. The summed E-state index contributed by atoms with van der Waals surface area (Å²) in [6.45, 7) is 0.136. The van der Waals surface area contributed by atoms with E-state index in [4.69, 9.17) is 10.00 Å². The van der Waals surface area contributed by atoms with Crippen molar-refractivity contribution in [2.24, 2.45) is 17.8 Å². The Hall–Kier alpha value is -1.49. The van der Waals surface area contributed by atoms with Crippen LogP contribution in [0.15, 0.2) is 24.3 Å². The van der Waals surface area contributed by atoms with Crippen molar-refractivity contribution in [1.29, 1.82) is 5.26 Å². The fraction of sp³-hybridized carbons (Fsp3) is 0.611. The maximum absolute atomic E-state index is 8.56. The van der Waals surface area contributed by atoms with Gasteiger partial charge in [-0.05, 0) is 79.4 Å². The van der Waals surface area contributed by atoms with Gasteiger partial charge in [-0.25, -0.2) is 0 Å². The van der Waals surface area contributed by atoms with E-state index < -0.39 is 0 Å². The maximum Gasteiger partial charge on any atom is 0.174 e. The zero-order chi connectivity index (χ0) is 13.6. The quantitative estimate of drug-likeness (QED) is 0.827. The third kappa shape index (κ3) is 1.92. The summed E-state index contributed by atoms with van der Waals surface area (Å²) in [5.41, 5.74) is 1.98. The van der Waals surface area contributed by atoms with Crippen LogP contribution in [0.5, 0.6) is 5.75 Å². The number of nitrogens with zero attached hydrogens (tertiary/aromatic N) is 1. The molecule has 4 saturated carbocycles. The highest BCUT2D eigenvalue weighted by molar-refractivity contribution is 5.34. The molecule has 0 unspecified atom stereocenters. The highest BCUT2D eigenvalue weighted by Crippen LogP contribution is 2.60. The number of hydrogen-bond donors (Lipinski definition) is 0. The second-order valence-corrected chi connectivity index (χ2v) is 7.17. The van der Waals surface area contributed by atoms with Crippen molar-refractivity contribution in [1.82, 2.24) is 0 Å². The maximum atomic E-state index is 8.56. The van der Waals surface area contributed by atoms with Crippen LogP contribution in [0.2, 0.25) is 0 Å². The van der Waals surface area contributed by atoms with Gasteiger partial charge in [0.15, 0.2) is 6.61 Å². The van der Waals surface area contributed by atoms with Crippen LogP contribution in [0.1, 0.15) is 44.1 Å². The van der Waals surface area contributed by atoms with Gasteiger partial charge >= 0.3 is 0 Å². The van der Waals surface area contributed by atoms with Gasteiger partial charge in [0.05, 0.1) is 0 Å². The summed E-state index contributed by atoms with van der Waals surface area (Å²) in [5, 5.41) is 8.56. The molecule has 1 aromatic rings. The molecule has 1 aromatic carbocycles. The average Bonchev–Trinajstić information content (AvgIpc) is 2.44. The van der Waals surface area contributed by atoms with E-state index in [1.165, 1.54) is 44.1 Å². The van der Waals surface area contributed by atoms with Crippen molar-refractivity contribution in [2.75, 3.05) is 6.61 Å². The smallest absolute Gasteiger partial charge is 0.174 e. The Morgan fingerprint density at radius 3 is 2.05 bits per heavy atom. The topological polar surface area (TPSA) is 33.0 Å². The van der Waals surface area contributed by atoms with Gasteiger partial charge in [-0.2, -0.15) is 5.26 Å². The van der Waals surface area contributed by atoms with E-state index in [2.05, 4.69) is 12.1 Å². The first kappa shape index (κ1) is 12.3. The fourth-order valence-corrected chi connectivity index (χ4v) is 5.48. The lowest BCUT2D eigenvalue weighted by Gasteiger charge is -2.57. The monoisotopic (exact) mass is 267 g/mol. The first-order chi connectivity index (χ1) is 9.77. The SMILES string of the molecule is N#CCOc1ccc(C23CC4CC(CC(C4)C2)C3)cc1. The van der Waals surface area contributed by atoms with Crippen LogP contribution in [-0.2, 0) is 5.41 Å². The molecule has 104 valence electrons. The highest BCUT2D eigenvalue weighted by atomic mass is 16.5. The van der Waals surface area contributed by atoms with Gasteiger partial charge in [0.25, 0.3) is 0 Å². The van der Waals surface area contributed by atoms with Crippen molar-refractivity contribution in [2.45, 2.75) is 43.9 Å². The van der Waals surface area contributed by atoms with Crippen molar-refractivity contribution in [3.8, 4) is 11.8 Å². The molecule has 0 saturated heterocycles. The molecule has 4 aliphatic rings. The molecule has 0 atom stereocenters. The Morgan fingerprint density at radius 1 is 1.00 bits per heavy atom. The summed E-state index contributed by atoms with van der Waals surface area (Å²) in [5.74, 6) is 3.77. The molecule has 4 bridgehead atoms. The molecular weight excluding hydrogens is 246 g/mol. The fourth-order valence-electron chi connectivity index (χ4n) is 5.48. The Kier molecular flexibility index (Phi) is 2.77. The van der Waals surface area contributed by atoms with Crippen LogP contribution in [0.25, 0.3) is 0 Å². The molecule has 0 spiro atoms. The lowest BCUT2D eigenvalue weighted by atomic mass is 9.48. The minimum absolute atomic E-state index is 0.136. The summed E-state index contributed by atoms with van der Waals surface area (Å²) >= 11 is 0. The van der Waals surface area contributed by atoms with Crippen molar-refractivity contribution in [3.05, 3.63) is 29.8 Å². The number of rotatable bonds is 3. The number of benzene rings is 1. The van der Waals surface area contributed by atoms with E-state index in [0.717, 1.165) is 23.5 Å². The van der Waals surface area contributed by atoms with E-state index in [-0.39, 0.29) is 6.61 Å². The lowest BCUT2D eigenvalue weighted by Crippen LogP contribution is -2.48. The molecular formula is C18H21NO. The van der Waals surface area contributed by atoms with E-state index in [1.54, 1.807) is 0 Å². The van der Waals surface area contributed by atoms with Gasteiger partial charge in [0.1, 0.15) is 11.8 Å². The minimum atomic E-state index is 0.136. The third-order valence-corrected chi connectivity index (χ3v) is 5.81. The molecule has 4 fully saturated rings. The van der Waals surface area contributed by atoms with E-state index in [9.17, 15) is 0 Å². The molecule has 0 aliphatic heterocycles. The summed E-state index contributed by atoms with van der Waals surface area (Å²) in [7, 11) is 0. The molecule has 20 heavy (non-hydrogen) atoms. The Balaban J connectivity index is 1.59. The molecule has 5 rings (SSSR count). The molecule has 2 nitrogen and oxygen atoms in total. The number of hydrogen-bond acceptors (Lipinski definition) is 2. The average molecular weight is 267 g/mol. The number of ether oxygens (including phenoxy) is 1. The molecule has 0 N–H and O–H groups in total. The summed E-state index contributed by atoms with van der Waals surface area (Å²) in [6.07, 6.45) is 8.67. The van der Waals surface area contributed by atoms with Crippen LogP contribution in [0.3, 0.4) is 0 Å². The van der Waals surface area contributed by atoms with Crippen LogP contribution in [0.4, 0.5) is 0 Å². The zero-order valence-corrected chi connectivity index (χ0v) is 11.8. The van der Waals surface area contributed by atoms with Gasteiger partial charge in [-0.3, -0.25) is 0 Å². The van der Waals surface area contributed by atoms with Gasteiger partial charge in [0, 0.05) is 0 Å². The molecule has 2 heteroatoms. The normalized spacial score (nSPS) is 37.6. The van der Waals surface area contributed by atoms with Gasteiger partial charge in [0.2, 0.25) is 0 Å². The Morgan fingerprint density at radius 2 is 1.55 bits per heavy atom. The molecule has 0 heterocycles. The van der Waals surface area contributed by atoms with E-state index in [1.807, 2.05) is 18.2 Å². The molecule has 0 aromatic heterocycles. The van der Waals surface area contributed by atoms with Crippen LogP contribution in [-0.4, -0.2) is 6.61 Å². The molecule has 0 radical (unpaired) electrons. The second kappa shape index (κ2) is 4.52. The minimum Gasteiger partial charge on any atom is -0.479 e. The van der Waals surface area contributed by atoms with Crippen LogP contribution in [0, 0.1) is 29.1 Å². The van der Waals surface area contributed by atoms with Gasteiger partial charge < -0.3 is 4.74 Å². The second-order valence-electron chi connectivity index (χ2n) is 7.17. The lowest BCUT2D eigenvalue weighted by molar-refractivity contribution is -0.00520. The number of nitriles is 1. The van der Waals surface area contributed by atoms with E-state index >= 15 is 0 Å². The highest BCUT2D eigenvalue weighted by Gasteiger charge is 2.51. The largest absolute Gasteiger partial charge is 0.479 e. The van der Waals surface area contributed by atoms with Gasteiger partial charge in [-0.1, -0.05) is 12.1 Å². The summed E-state index contributed by atoms with van der Waals surface area (Å²) in [6, 6.07) is 10.6. The predicted octanol–water partition coefficient (Wildman–Crippen LogP) is 4.06.